The number of halogens is 2. The number of carbonyl (C=O) groups excluding carboxylic acids is 1. The third kappa shape index (κ3) is 3.22. The highest BCUT2D eigenvalue weighted by atomic mass is 79.9. The van der Waals surface area contributed by atoms with Gasteiger partial charge in [0.25, 0.3) is 5.91 Å². The summed E-state index contributed by atoms with van der Waals surface area (Å²) in [6, 6.07) is 7.00. The van der Waals surface area contributed by atoms with Crippen LogP contribution >= 0.6 is 27.5 Å². The maximum Gasteiger partial charge on any atom is 0.253 e. The first-order valence-corrected chi connectivity index (χ1v) is 5.81. The molecule has 5 heteroatoms. The number of nitriles is 1. The van der Waals surface area contributed by atoms with Crippen LogP contribution < -0.4 is 0 Å². The first kappa shape index (κ1) is 13.0. The summed E-state index contributed by atoms with van der Waals surface area (Å²) in [6.07, 6.45) is 0.330. The third-order valence-corrected chi connectivity index (χ3v) is 3.29. The first-order valence-electron chi connectivity index (χ1n) is 4.63. The molecule has 0 aliphatic rings. The zero-order valence-corrected chi connectivity index (χ0v) is 11.0. The van der Waals surface area contributed by atoms with Gasteiger partial charge in [-0.3, -0.25) is 4.79 Å². The van der Waals surface area contributed by atoms with Crippen LogP contribution in [0, 0.1) is 11.3 Å². The van der Waals surface area contributed by atoms with Gasteiger partial charge >= 0.3 is 0 Å². The van der Waals surface area contributed by atoms with Crippen molar-refractivity contribution in [2.75, 3.05) is 13.6 Å². The second-order valence-corrected chi connectivity index (χ2v) is 4.53. The number of hydrogen-bond acceptors (Lipinski definition) is 2. The van der Waals surface area contributed by atoms with Crippen LogP contribution in [0.1, 0.15) is 16.8 Å². The number of nitrogens with zero attached hydrogens (tertiary/aromatic N) is 2. The van der Waals surface area contributed by atoms with Crippen molar-refractivity contribution in [1.82, 2.24) is 4.90 Å². The molecule has 0 unspecified atom stereocenters. The fourth-order valence-corrected chi connectivity index (χ4v) is 1.67. The molecule has 0 heterocycles. The van der Waals surface area contributed by atoms with Gasteiger partial charge in [-0.1, -0.05) is 11.6 Å². The molecule has 1 aromatic carbocycles. The molecule has 0 N–H and O–H groups in total. The van der Waals surface area contributed by atoms with E-state index in [9.17, 15) is 4.79 Å². The number of carbonyl (C=O) groups is 1. The normalized spacial score (nSPS) is 9.62. The zero-order chi connectivity index (χ0) is 12.1. The number of benzene rings is 1. The van der Waals surface area contributed by atoms with Gasteiger partial charge in [0, 0.05) is 23.6 Å². The standard InChI is InChI=1S/C11H10BrClN2O/c1-15(6-2-5-14)11(16)8-3-4-10(13)9(12)7-8/h3-4,7H,2,6H2,1H3. The largest absolute Gasteiger partial charge is 0.341 e. The van der Waals surface area contributed by atoms with E-state index in [-0.39, 0.29) is 5.91 Å². The predicted octanol–water partition coefficient (Wildman–Crippen LogP) is 3.09. The lowest BCUT2D eigenvalue weighted by Gasteiger charge is -2.15. The number of amides is 1. The molecule has 0 radical (unpaired) electrons. The van der Waals surface area contributed by atoms with Gasteiger partial charge in [0.1, 0.15) is 0 Å². The van der Waals surface area contributed by atoms with Gasteiger partial charge in [-0.2, -0.15) is 5.26 Å². The summed E-state index contributed by atoms with van der Waals surface area (Å²) < 4.78 is 0.689. The lowest BCUT2D eigenvalue weighted by molar-refractivity contribution is 0.0798. The third-order valence-electron chi connectivity index (χ3n) is 2.07. The van der Waals surface area contributed by atoms with Gasteiger partial charge in [-0.15, -0.1) is 0 Å². The molecule has 16 heavy (non-hydrogen) atoms. The molecule has 1 amide bonds. The van der Waals surface area contributed by atoms with E-state index in [1.54, 1.807) is 25.2 Å². The SMILES string of the molecule is CN(CCC#N)C(=O)c1ccc(Cl)c(Br)c1. The number of hydrogen-bond donors (Lipinski definition) is 0. The Bertz CT molecular complexity index is 442. The van der Waals surface area contributed by atoms with Crippen LogP contribution in [0.25, 0.3) is 0 Å². The smallest absolute Gasteiger partial charge is 0.253 e. The molecule has 0 bridgehead atoms. The minimum absolute atomic E-state index is 0.118. The Morgan fingerprint density at radius 2 is 2.31 bits per heavy atom. The van der Waals surface area contributed by atoms with Gasteiger partial charge in [0.05, 0.1) is 17.5 Å². The Morgan fingerprint density at radius 3 is 2.88 bits per heavy atom. The van der Waals surface area contributed by atoms with Gasteiger partial charge in [-0.05, 0) is 34.1 Å². The van der Waals surface area contributed by atoms with E-state index in [0.29, 0.717) is 28.0 Å². The maximum atomic E-state index is 11.9. The molecule has 84 valence electrons. The zero-order valence-electron chi connectivity index (χ0n) is 8.70. The Hall–Kier alpha value is -1.05. The first-order chi connectivity index (χ1) is 7.56. The van der Waals surface area contributed by atoms with Crippen molar-refractivity contribution in [2.24, 2.45) is 0 Å². The maximum absolute atomic E-state index is 11.9. The lowest BCUT2D eigenvalue weighted by atomic mass is 10.2. The van der Waals surface area contributed by atoms with Crippen LogP contribution in [0.4, 0.5) is 0 Å². The molecule has 1 rings (SSSR count). The van der Waals surface area contributed by atoms with E-state index in [1.165, 1.54) is 4.90 Å². The molecule has 0 atom stereocenters. The summed E-state index contributed by atoms with van der Waals surface area (Å²) in [5.41, 5.74) is 0.553. The Labute approximate surface area is 108 Å². The molecule has 3 nitrogen and oxygen atoms in total. The summed E-state index contributed by atoms with van der Waals surface area (Å²) in [5.74, 6) is -0.118. The minimum Gasteiger partial charge on any atom is -0.341 e. The van der Waals surface area contributed by atoms with Crippen molar-refractivity contribution in [3.63, 3.8) is 0 Å². The Balaban J connectivity index is 2.80. The predicted molar refractivity (Wildman–Crippen MR) is 66.3 cm³/mol. The summed E-state index contributed by atoms with van der Waals surface area (Å²) in [4.78, 5) is 13.4. The Kier molecular flexibility index (Phi) is 4.78. The quantitative estimate of drug-likeness (QED) is 0.861. The van der Waals surface area contributed by atoms with Crippen molar-refractivity contribution < 1.29 is 4.79 Å². The molecule has 1 aromatic rings. The van der Waals surface area contributed by atoms with Gasteiger partial charge in [-0.25, -0.2) is 0 Å². The molecule has 0 aromatic heterocycles. The second kappa shape index (κ2) is 5.88. The van der Waals surface area contributed by atoms with E-state index in [2.05, 4.69) is 15.9 Å². The summed E-state index contributed by atoms with van der Waals surface area (Å²) in [5, 5.41) is 9.00. The lowest BCUT2D eigenvalue weighted by Crippen LogP contribution is -2.27. The molecule has 0 spiro atoms. The van der Waals surface area contributed by atoms with Crippen LogP contribution in [0.5, 0.6) is 0 Å². The van der Waals surface area contributed by atoms with Crippen molar-refractivity contribution in [3.8, 4) is 6.07 Å². The Morgan fingerprint density at radius 1 is 1.62 bits per heavy atom. The van der Waals surface area contributed by atoms with Crippen LogP contribution in [-0.2, 0) is 0 Å². The molecule has 0 aliphatic heterocycles. The van der Waals surface area contributed by atoms with E-state index < -0.39 is 0 Å². The van der Waals surface area contributed by atoms with E-state index in [1.807, 2.05) is 6.07 Å². The average Bonchev–Trinajstić information content (AvgIpc) is 2.28. The van der Waals surface area contributed by atoms with E-state index in [0.717, 1.165) is 0 Å². The molecule has 0 saturated heterocycles. The monoisotopic (exact) mass is 300 g/mol. The fraction of sp³-hybridized carbons (Fsp3) is 0.273. The van der Waals surface area contributed by atoms with Crippen LogP contribution in [-0.4, -0.2) is 24.4 Å². The van der Waals surface area contributed by atoms with Crippen molar-refractivity contribution in [2.45, 2.75) is 6.42 Å². The molecule has 0 saturated carbocycles. The second-order valence-electron chi connectivity index (χ2n) is 3.26. The van der Waals surface area contributed by atoms with Gasteiger partial charge < -0.3 is 4.90 Å². The topological polar surface area (TPSA) is 44.1 Å². The van der Waals surface area contributed by atoms with Gasteiger partial charge in [0.15, 0.2) is 0 Å². The highest BCUT2D eigenvalue weighted by molar-refractivity contribution is 9.10. The summed E-state index contributed by atoms with van der Waals surface area (Å²) in [6.45, 7) is 0.426. The fourth-order valence-electron chi connectivity index (χ4n) is 1.17. The molecule has 0 aliphatic carbocycles. The van der Waals surface area contributed by atoms with E-state index in [4.69, 9.17) is 16.9 Å². The summed E-state index contributed by atoms with van der Waals surface area (Å²) >= 11 is 9.09. The molecular formula is C11H10BrClN2O. The number of rotatable bonds is 3. The van der Waals surface area contributed by atoms with Crippen LogP contribution in [0.15, 0.2) is 22.7 Å². The molecule has 0 fully saturated rings. The van der Waals surface area contributed by atoms with E-state index >= 15 is 0 Å². The minimum atomic E-state index is -0.118. The van der Waals surface area contributed by atoms with Crippen LogP contribution in [0.2, 0.25) is 5.02 Å². The van der Waals surface area contributed by atoms with Gasteiger partial charge in [0.2, 0.25) is 0 Å². The summed E-state index contributed by atoms with van der Waals surface area (Å²) in [7, 11) is 1.67. The van der Waals surface area contributed by atoms with Crippen molar-refractivity contribution in [3.05, 3.63) is 33.3 Å². The highest BCUT2D eigenvalue weighted by Crippen LogP contribution is 2.23. The van der Waals surface area contributed by atoms with Crippen LogP contribution in [0.3, 0.4) is 0 Å². The highest BCUT2D eigenvalue weighted by Gasteiger charge is 2.12. The van der Waals surface area contributed by atoms with Crippen molar-refractivity contribution in [1.29, 1.82) is 5.26 Å². The average molecular weight is 302 g/mol. The van der Waals surface area contributed by atoms with Crippen molar-refractivity contribution >= 4 is 33.4 Å². The molecular weight excluding hydrogens is 291 g/mol.